The molecular weight excluding hydrogens is 198 g/mol. The molecular formula is C10H12ClN3. The van der Waals surface area contributed by atoms with Gasteiger partial charge in [0, 0.05) is 12.7 Å². The van der Waals surface area contributed by atoms with E-state index in [0.717, 1.165) is 23.4 Å². The Morgan fingerprint density at radius 2 is 2.36 bits per heavy atom. The van der Waals surface area contributed by atoms with Gasteiger partial charge in [0.05, 0.1) is 17.1 Å². The lowest BCUT2D eigenvalue weighted by molar-refractivity contribution is 0.717. The Morgan fingerprint density at radius 1 is 1.57 bits per heavy atom. The third-order valence-electron chi connectivity index (χ3n) is 2.25. The maximum absolute atomic E-state index is 6.05. The molecule has 0 spiro atoms. The first kappa shape index (κ1) is 9.46. The predicted octanol–water partition coefficient (Wildman–Crippen LogP) is 2.75. The molecule has 1 unspecified atom stereocenters. The van der Waals surface area contributed by atoms with Crippen LogP contribution in [0.25, 0.3) is 11.0 Å². The zero-order chi connectivity index (χ0) is 10.1. The maximum Gasteiger partial charge on any atom is 0.127 e. The molecule has 14 heavy (non-hydrogen) atoms. The molecule has 0 bridgehead atoms. The van der Waals surface area contributed by atoms with Crippen LogP contribution in [0.5, 0.6) is 0 Å². The molecule has 0 aromatic carbocycles. The number of rotatable bonds is 2. The van der Waals surface area contributed by atoms with Crippen LogP contribution in [0, 0.1) is 0 Å². The number of hydrogen-bond acceptors (Lipinski definition) is 2. The van der Waals surface area contributed by atoms with Crippen molar-refractivity contribution in [3.8, 4) is 0 Å². The number of fused-ring (bicyclic) bond motifs is 1. The molecule has 0 fully saturated rings. The number of pyridine rings is 1. The van der Waals surface area contributed by atoms with Crippen LogP contribution in [0.1, 0.15) is 25.0 Å². The number of nitrogens with zero attached hydrogens (tertiary/aromatic N) is 3. The Morgan fingerprint density at radius 3 is 3.00 bits per heavy atom. The summed E-state index contributed by atoms with van der Waals surface area (Å²) >= 11 is 6.05. The molecule has 3 nitrogen and oxygen atoms in total. The van der Waals surface area contributed by atoms with Crippen LogP contribution in [-0.2, 0) is 6.54 Å². The fourth-order valence-corrected chi connectivity index (χ4v) is 1.80. The van der Waals surface area contributed by atoms with Crippen molar-refractivity contribution < 1.29 is 0 Å². The highest BCUT2D eigenvalue weighted by molar-refractivity contribution is 6.20. The predicted molar refractivity (Wildman–Crippen MR) is 57.5 cm³/mol. The van der Waals surface area contributed by atoms with Crippen LogP contribution >= 0.6 is 11.6 Å². The van der Waals surface area contributed by atoms with Gasteiger partial charge in [-0.2, -0.15) is 0 Å². The van der Waals surface area contributed by atoms with Gasteiger partial charge in [-0.3, -0.25) is 4.98 Å². The second-order valence-electron chi connectivity index (χ2n) is 3.19. The summed E-state index contributed by atoms with van der Waals surface area (Å²) in [5.74, 6) is 0.914. The molecule has 1 atom stereocenters. The van der Waals surface area contributed by atoms with Gasteiger partial charge in [-0.15, -0.1) is 11.6 Å². The van der Waals surface area contributed by atoms with Crippen LogP contribution in [0.15, 0.2) is 18.5 Å². The zero-order valence-corrected chi connectivity index (χ0v) is 8.99. The van der Waals surface area contributed by atoms with Gasteiger partial charge in [-0.1, -0.05) is 0 Å². The van der Waals surface area contributed by atoms with Gasteiger partial charge in [-0.05, 0) is 19.9 Å². The molecule has 0 N–H and O–H groups in total. The van der Waals surface area contributed by atoms with Gasteiger partial charge >= 0.3 is 0 Å². The van der Waals surface area contributed by atoms with Crippen molar-refractivity contribution in [2.75, 3.05) is 0 Å². The Bertz CT molecular complexity index is 448. The average Bonchev–Trinajstić information content (AvgIpc) is 2.56. The van der Waals surface area contributed by atoms with Gasteiger partial charge in [0.25, 0.3) is 0 Å². The van der Waals surface area contributed by atoms with E-state index in [0.29, 0.717) is 0 Å². The van der Waals surface area contributed by atoms with Gasteiger partial charge < -0.3 is 4.57 Å². The molecule has 0 aliphatic rings. The minimum absolute atomic E-state index is 0.0673. The van der Waals surface area contributed by atoms with Crippen molar-refractivity contribution in [2.24, 2.45) is 0 Å². The van der Waals surface area contributed by atoms with Gasteiger partial charge in [0.15, 0.2) is 0 Å². The molecule has 0 aliphatic heterocycles. The SMILES string of the molecule is CCn1c(C(C)Cl)nc2cnccc21. The summed E-state index contributed by atoms with van der Waals surface area (Å²) in [4.78, 5) is 8.49. The van der Waals surface area contributed by atoms with Crippen LogP contribution < -0.4 is 0 Å². The fraction of sp³-hybridized carbons (Fsp3) is 0.400. The molecule has 0 aliphatic carbocycles. The summed E-state index contributed by atoms with van der Waals surface area (Å²) < 4.78 is 2.12. The van der Waals surface area contributed by atoms with E-state index in [2.05, 4.69) is 21.5 Å². The van der Waals surface area contributed by atoms with Crippen molar-refractivity contribution in [1.82, 2.24) is 14.5 Å². The topological polar surface area (TPSA) is 30.7 Å². The number of halogens is 1. The van der Waals surface area contributed by atoms with Crippen LogP contribution in [-0.4, -0.2) is 14.5 Å². The Labute approximate surface area is 87.7 Å². The number of aromatic nitrogens is 3. The fourth-order valence-electron chi connectivity index (χ4n) is 1.64. The van der Waals surface area contributed by atoms with E-state index < -0.39 is 0 Å². The van der Waals surface area contributed by atoms with Gasteiger partial charge in [0.1, 0.15) is 11.3 Å². The van der Waals surface area contributed by atoms with Crippen molar-refractivity contribution in [3.63, 3.8) is 0 Å². The van der Waals surface area contributed by atoms with Crippen LogP contribution in [0.2, 0.25) is 0 Å². The maximum atomic E-state index is 6.05. The highest BCUT2D eigenvalue weighted by Crippen LogP contribution is 2.23. The Hall–Kier alpha value is -1.09. The van der Waals surface area contributed by atoms with E-state index in [9.17, 15) is 0 Å². The summed E-state index contributed by atoms with van der Waals surface area (Å²) in [6.45, 7) is 4.90. The Balaban J connectivity index is 2.72. The number of hydrogen-bond donors (Lipinski definition) is 0. The van der Waals surface area contributed by atoms with E-state index >= 15 is 0 Å². The van der Waals surface area contributed by atoms with Crippen molar-refractivity contribution >= 4 is 22.6 Å². The number of aryl methyl sites for hydroxylation is 1. The van der Waals surface area contributed by atoms with E-state index in [1.807, 2.05) is 13.0 Å². The molecule has 4 heteroatoms. The molecule has 0 amide bonds. The lowest BCUT2D eigenvalue weighted by Crippen LogP contribution is -2.01. The summed E-state index contributed by atoms with van der Waals surface area (Å²) in [7, 11) is 0. The third kappa shape index (κ3) is 1.38. The van der Waals surface area contributed by atoms with Crippen molar-refractivity contribution in [2.45, 2.75) is 25.8 Å². The number of alkyl halides is 1. The lowest BCUT2D eigenvalue weighted by atomic mass is 10.4. The summed E-state index contributed by atoms with van der Waals surface area (Å²) in [5, 5.41) is -0.0673. The molecule has 0 radical (unpaired) electrons. The molecule has 0 saturated carbocycles. The molecule has 2 aromatic heterocycles. The van der Waals surface area contributed by atoms with Crippen LogP contribution in [0.4, 0.5) is 0 Å². The first-order chi connectivity index (χ1) is 6.74. The van der Waals surface area contributed by atoms with E-state index in [1.165, 1.54) is 0 Å². The molecule has 2 aromatic rings. The van der Waals surface area contributed by atoms with Crippen molar-refractivity contribution in [3.05, 3.63) is 24.3 Å². The van der Waals surface area contributed by atoms with Gasteiger partial charge in [-0.25, -0.2) is 4.98 Å². The molecule has 2 heterocycles. The zero-order valence-electron chi connectivity index (χ0n) is 8.24. The highest BCUT2D eigenvalue weighted by atomic mass is 35.5. The minimum atomic E-state index is -0.0673. The third-order valence-corrected chi connectivity index (χ3v) is 2.45. The first-order valence-corrected chi connectivity index (χ1v) is 5.12. The largest absolute Gasteiger partial charge is 0.327 e. The first-order valence-electron chi connectivity index (χ1n) is 4.68. The Kier molecular flexibility index (Phi) is 2.42. The van der Waals surface area contributed by atoms with Crippen LogP contribution in [0.3, 0.4) is 0 Å². The second kappa shape index (κ2) is 3.58. The standard InChI is InChI=1S/C10H12ClN3/c1-3-14-9-4-5-12-6-8(9)13-10(14)7(2)11/h4-7H,3H2,1-2H3. The summed E-state index contributed by atoms with van der Waals surface area (Å²) in [6, 6.07) is 1.97. The number of imidazole rings is 1. The summed E-state index contributed by atoms with van der Waals surface area (Å²) in [6.07, 6.45) is 3.54. The van der Waals surface area contributed by atoms with E-state index in [-0.39, 0.29) is 5.38 Å². The van der Waals surface area contributed by atoms with E-state index in [4.69, 9.17) is 11.6 Å². The second-order valence-corrected chi connectivity index (χ2v) is 3.85. The monoisotopic (exact) mass is 209 g/mol. The molecule has 74 valence electrons. The lowest BCUT2D eigenvalue weighted by Gasteiger charge is -2.06. The van der Waals surface area contributed by atoms with Crippen molar-refractivity contribution in [1.29, 1.82) is 0 Å². The smallest absolute Gasteiger partial charge is 0.127 e. The quantitative estimate of drug-likeness (QED) is 0.713. The normalized spacial score (nSPS) is 13.4. The van der Waals surface area contributed by atoms with Gasteiger partial charge in [0.2, 0.25) is 0 Å². The van der Waals surface area contributed by atoms with E-state index in [1.54, 1.807) is 12.4 Å². The molecule has 0 saturated heterocycles. The average molecular weight is 210 g/mol. The minimum Gasteiger partial charge on any atom is -0.327 e. The highest BCUT2D eigenvalue weighted by Gasteiger charge is 2.12. The molecule has 2 rings (SSSR count). The summed E-state index contributed by atoms with van der Waals surface area (Å²) in [5.41, 5.74) is 2.02.